The Bertz CT molecular complexity index is 1090. The smallest absolute Gasteiger partial charge is 0.276 e. The number of thiophene rings is 1. The van der Waals surface area contributed by atoms with Crippen LogP contribution < -0.4 is 5.32 Å². The largest absolute Gasteiger partial charge is 0.305 e. The molecular weight excluding hydrogens is 423 g/mol. The maximum absolute atomic E-state index is 12.6. The van der Waals surface area contributed by atoms with E-state index < -0.39 is 0 Å². The predicted molar refractivity (Wildman–Crippen MR) is 111 cm³/mol. The van der Waals surface area contributed by atoms with Gasteiger partial charge in [0.2, 0.25) is 0 Å². The van der Waals surface area contributed by atoms with Crippen LogP contribution in [0.3, 0.4) is 0 Å². The number of aromatic nitrogens is 3. The number of hydrogen-bond donors (Lipinski definition) is 1. The van der Waals surface area contributed by atoms with E-state index in [0.717, 1.165) is 15.4 Å². The van der Waals surface area contributed by atoms with Crippen molar-refractivity contribution in [2.75, 3.05) is 5.32 Å². The van der Waals surface area contributed by atoms with Crippen molar-refractivity contribution in [1.29, 1.82) is 0 Å². The number of nitrogens with zero attached hydrogens (tertiary/aromatic N) is 3. The fourth-order valence-electron chi connectivity index (χ4n) is 2.45. The van der Waals surface area contributed by atoms with E-state index in [1.54, 1.807) is 45.8 Å². The van der Waals surface area contributed by atoms with Crippen LogP contribution in [-0.2, 0) is 6.54 Å². The lowest BCUT2D eigenvalue weighted by Crippen LogP contribution is -2.16. The van der Waals surface area contributed by atoms with Crippen molar-refractivity contribution in [1.82, 2.24) is 14.8 Å². The highest BCUT2D eigenvalue weighted by atomic mass is 35.5. The van der Waals surface area contributed by atoms with Crippen LogP contribution in [0.1, 0.15) is 16.1 Å². The van der Waals surface area contributed by atoms with Crippen LogP contribution in [0.15, 0.2) is 53.4 Å². The van der Waals surface area contributed by atoms with Gasteiger partial charge in [0, 0.05) is 21.5 Å². The van der Waals surface area contributed by atoms with Gasteiger partial charge in [-0.1, -0.05) is 35.3 Å². The molecule has 0 unspecified atom stereocenters. The molecule has 0 aliphatic rings. The molecule has 0 radical (unpaired) electrons. The molecule has 136 valence electrons. The fraction of sp³-hybridized carbons (Fsp3) is 0.0556. The molecule has 0 bridgehead atoms. The van der Waals surface area contributed by atoms with E-state index in [4.69, 9.17) is 23.2 Å². The van der Waals surface area contributed by atoms with Gasteiger partial charge in [-0.05, 0) is 29.1 Å². The third kappa shape index (κ3) is 4.06. The molecule has 0 saturated carbocycles. The van der Waals surface area contributed by atoms with Crippen molar-refractivity contribution < 1.29 is 4.79 Å². The normalized spacial score (nSPS) is 10.9. The Morgan fingerprint density at radius 2 is 2.07 bits per heavy atom. The molecule has 3 aromatic heterocycles. The van der Waals surface area contributed by atoms with Gasteiger partial charge in [0.1, 0.15) is 16.5 Å². The highest BCUT2D eigenvalue weighted by Gasteiger charge is 2.15. The molecule has 5 nitrogen and oxygen atoms in total. The second-order valence-corrected chi connectivity index (χ2v) is 8.23. The van der Waals surface area contributed by atoms with Gasteiger partial charge in [0.05, 0.1) is 17.6 Å². The van der Waals surface area contributed by atoms with Crippen molar-refractivity contribution in [3.05, 3.63) is 74.7 Å². The Kier molecular flexibility index (Phi) is 5.27. The van der Waals surface area contributed by atoms with E-state index in [2.05, 4.69) is 15.4 Å². The van der Waals surface area contributed by atoms with Crippen LogP contribution in [0.5, 0.6) is 0 Å². The van der Waals surface area contributed by atoms with Crippen molar-refractivity contribution in [2.45, 2.75) is 6.54 Å². The van der Waals surface area contributed by atoms with Gasteiger partial charge in [0.15, 0.2) is 0 Å². The topological polar surface area (TPSA) is 59.8 Å². The van der Waals surface area contributed by atoms with Gasteiger partial charge >= 0.3 is 0 Å². The summed E-state index contributed by atoms with van der Waals surface area (Å²) in [5.41, 5.74) is 1.23. The maximum Gasteiger partial charge on any atom is 0.276 e. The minimum Gasteiger partial charge on any atom is -0.305 e. The predicted octanol–water partition coefficient (Wildman–Crippen LogP) is 5.68. The van der Waals surface area contributed by atoms with Gasteiger partial charge in [-0.25, -0.2) is 9.67 Å². The molecule has 9 heteroatoms. The number of hydrogen-bond acceptors (Lipinski definition) is 5. The molecule has 0 spiro atoms. The number of carbonyl (C=O) groups excluding carboxylic acids is 1. The molecule has 0 saturated heterocycles. The molecule has 1 amide bonds. The summed E-state index contributed by atoms with van der Waals surface area (Å²) in [5, 5.41) is 12.8. The fourth-order valence-corrected chi connectivity index (χ4v) is 4.53. The molecule has 0 atom stereocenters. The number of thiazole rings is 1. The molecule has 0 aliphatic heterocycles. The Labute approximate surface area is 173 Å². The van der Waals surface area contributed by atoms with Crippen LogP contribution in [0.2, 0.25) is 10.0 Å². The Morgan fingerprint density at radius 1 is 1.19 bits per heavy atom. The molecule has 0 fully saturated rings. The monoisotopic (exact) mass is 434 g/mol. The summed E-state index contributed by atoms with van der Waals surface area (Å²) in [7, 11) is 0. The van der Waals surface area contributed by atoms with Crippen molar-refractivity contribution in [3.8, 4) is 9.88 Å². The molecule has 3 heterocycles. The number of carbonyl (C=O) groups is 1. The Balaban J connectivity index is 1.50. The molecule has 4 aromatic rings. The summed E-state index contributed by atoms with van der Waals surface area (Å²) in [4.78, 5) is 18.0. The number of rotatable bonds is 5. The van der Waals surface area contributed by atoms with Gasteiger partial charge in [-0.15, -0.1) is 22.7 Å². The van der Waals surface area contributed by atoms with Gasteiger partial charge in [-0.3, -0.25) is 4.79 Å². The van der Waals surface area contributed by atoms with Crippen molar-refractivity contribution in [2.24, 2.45) is 0 Å². The number of benzene rings is 1. The van der Waals surface area contributed by atoms with Crippen LogP contribution in [0, 0.1) is 0 Å². The molecule has 4 rings (SSSR count). The first-order valence-electron chi connectivity index (χ1n) is 7.86. The number of nitrogens with one attached hydrogen (secondary N) is 1. The van der Waals surface area contributed by atoms with Crippen molar-refractivity contribution >= 4 is 57.6 Å². The molecular formula is C18H12Cl2N4OS2. The highest BCUT2D eigenvalue weighted by Crippen LogP contribution is 2.28. The lowest BCUT2D eigenvalue weighted by molar-refractivity contribution is 0.102. The quantitative estimate of drug-likeness (QED) is 0.439. The summed E-state index contributed by atoms with van der Waals surface area (Å²) in [6, 6.07) is 11.0. The number of halogens is 2. The first-order chi connectivity index (χ1) is 13.1. The maximum atomic E-state index is 12.6. The second kappa shape index (κ2) is 7.82. The molecule has 0 aliphatic carbocycles. The minimum absolute atomic E-state index is 0.280. The average molecular weight is 435 g/mol. The average Bonchev–Trinajstić information content (AvgIpc) is 3.38. The summed E-state index contributed by atoms with van der Waals surface area (Å²) >= 11 is 15.2. The highest BCUT2D eigenvalue weighted by molar-refractivity contribution is 7.20. The van der Waals surface area contributed by atoms with Crippen LogP contribution >= 0.6 is 45.9 Å². The lowest BCUT2D eigenvalue weighted by Gasteiger charge is -2.10. The van der Waals surface area contributed by atoms with Crippen LogP contribution in [0.25, 0.3) is 9.88 Å². The summed E-state index contributed by atoms with van der Waals surface area (Å²) in [5.74, 6) is 0.287. The van der Waals surface area contributed by atoms with E-state index >= 15 is 0 Å². The lowest BCUT2D eigenvalue weighted by atomic mass is 10.2. The zero-order valence-electron chi connectivity index (χ0n) is 13.7. The number of anilines is 1. The SMILES string of the molecule is O=C(Nc1ccnn1Cc1ccc(Cl)cc1Cl)c1csc(-c2cccs2)n1. The van der Waals surface area contributed by atoms with Crippen molar-refractivity contribution in [3.63, 3.8) is 0 Å². The number of amides is 1. The zero-order chi connectivity index (χ0) is 18.8. The van der Waals surface area contributed by atoms with Gasteiger partial charge < -0.3 is 5.32 Å². The summed E-state index contributed by atoms with van der Waals surface area (Å²) in [6.45, 7) is 0.413. The standard InChI is InChI=1S/C18H12Cl2N4OS2/c19-12-4-3-11(13(20)8-12)9-24-16(5-6-21-24)23-17(25)14-10-27-18(22-14)15-2-1-7-26-15/h1-8,10H,9H2,(H,23,25). The van der Waals surface area contributed by atoms with E-state index in [-0.39, 0.29) is 5.91 Å². The molecule has 1 aromatic carbocycles. The summed E-state index contributed by atoms with van der Waals surface area (Å²) < 4.78 is 1.67. The zero-order valence-corrected chi connectivity index (χ0v) is 16.9. The Morgan fingerprint density at radius 3 is 2.85 bits per heavy atom. The van der Waals surface area contributed by atoms with E-state index in [1.165, 1.54) is 11.3 Å². The van der Waals surface area contributed by atoms with Crippen LogP contribution in [0.4, 0.5) is 5.82 Å². The minimum atomic E-state index is -0.280. The first-order valence-corrected chi connectivity index (χ1v) is 10.4. The van der Waals surface area contributed by atoms with E-state index in [1.807, 2.05) is 23.6 Å². The van der Waals surface area contributed by atoms with Gasteiger partial charge in [-0.2, -0.15) is 5.10 Å². The Hall–Kier alpha value is -2.19. The van der Waals surface area contributed by atoms with Crippen LogP contribution in [-0.4, -0.2) is 20.7 Å². The molecule has 27 heavy (non-hydrogen) atoms. The third-order valence-electron chi connectivity index (χ3n) is 3.76. The first kappa shape index (κ1) is 18.2. The second-order valence-electron chi connectivity index (χ2n) is 5.58. The molecule has 1 N–H and O–H groups in total. The van der Waals surface area contributed by atoms with E-state index in [0.29, 0.717) is 28.1 Å². The summed E-state index contributed by atoms with van der Waals surface area (Å²) in [6.07, 6.45) is 1.62. The third-order valence-corrected chi connectivity index (χ3v) is 6.23. The van der Waals surface area contributed by atoms with Gasteiger partial charge in [0.25, 0.3) is 5.91 Å². The van der Waals surface area contributed by atoms with E-state index in [9.17, 15) is 4.79 Å².